The zero-order valence-electron chi connectivity index (χ0n) is 13.3. The number of hydrogen-bond acceptors (Lipinski definition) is 1. The summed E-state index contributed by atoms with van der Waals surface area (Å²) in [5.74, 6) is 0.0859. The van der Waals surface area contributed by atoms with Gasteiger partial charge in [-0.1, -0.05) is 64.5 Å². The lowest BCUT2D eigenvalue weighted by Gasteiger charge is -2.26. The first-order chi connectivity index (χ1) is 11.1. The maximum atomic E-state index is 11.6. The maximum Gasteiger partial charge on any atom is 0.217 e. The fraction of sp³-hybridized carbons (Fsp3) is 0.250. The van der Waals surface area contributed by atoms with Crippen molar-refractivity contribution in [1.82, 2.24) is 5.32 Å². The van der Waals surface area contributed by atoms with Crippen LogP contribution in [0.3, 0.4) is 0 Å². The first kappa shape index (κ1) is 17.5. The minimum atomic E-state index is -0.00739. The lowest BCUT2D eigenvalue weighted by Crippen LogP contribution is -2.37. The zero-order chi connectivity index (χ0) is 16.7. The monoisotopic (exact) mass is 371 g/mol. The second kappa shape index (κ2) is 8.68. The quantitative estimate of drug-likeness (QED) is 0.692. The maximum absolute atomic E-state index is 11.6. The molecule has 0 bridgehead atoms. The summed E-state index contributed by atoms with van der Waals surface area (Å²) in [6, 6.07) is 18.6. The first-order valence-corrected chi connectivity index (χ1v) is 8.58. The molecule has 0 aromatic heterocycles. The molecule has 0 radical (unpaired) electrons. The third-order valence-electron chi connectivity index (χ3n) is 3.92. The van der Waals surface area contributed by atoms with Crippen LogP contribution in [0.5, 0.6) is 0 Å². The molecular weight excluding hydrogens is 350 g/mol. The molecule has 0 saturated heterocycles. The highest BCUT2D eigenvalue weighted by molar-refractivity contribution is 9.10. The molecule has 1 amide bonds. The van der Waals surface area contributed by atoms with Crippen molar-refractivity contribution in [1.29, 1.82) is 0 Å². The van der Waals surface area contributed by atoms with E-state index in [9.17, 15) is 4.79 Å². The van der Waals surface area contributed by atoms with Crippen LogP contribution in [0, 0.1) is 0 Å². The van der Waals surface area contributed by atoms with Gasteiger partial charge in [-0.05, 0) is 36.1 Å². The van der Waals surface area contributed by atoms with Crippen molar-refractivity contribution >= 4 is 21.8 Å². The molecule has 2 rings (SSSR count). The Morgan fingerprint density at radius 2 is 1.83 bits per heavy atom. The molecule has 0 spiro atoms. The molecule has 0 aliphatic heterocycles. The van der Waals surface area contributed by atoms with Crippen molar-refractivity contribution in [2.45, 2.75) is 31.7 Å². The van der Waals surface area contributed by atoms with Crippen LogP contribution in [0.4, 0.5) is 0 Å². The summed E-state index contributed by atoms with van der Waals surface area (Å²) in [5.41, 5.74) is 2.44. The Hall–Kier alpha value is -1.87. The van der Waals surface area contributed by atoms with Gasteiger partial charge >= 0.3 is 0 Å². The summed E-state index contributed by atoms with van der Waals surface area (Å²) < 4.78 is 1.05. The average molecular weight is 372 g/mol. The Kier molecular flexibility index (Phi) is 6.60. The van der Waals surface area contributed by atoms with Crippen molar-refractivity contribution in [3.05, 3.63) is 82.9 Å². The number of rotatable bonds is 7. The number of hydrogen-bond donors (Lipinski definition) is 1. The largest absolute Gasteiger partial charge is 0.353 e. The number of carbonyl (C=O) groups excluding carboxylic acids is 1. The molecule has 0 heterocycles. The Bertz CT molecular complexity index is 636. The van der Waals surface area contributed by atoms with E-state index >= 15 is 0 Å². The summed E-state index contributed by atoms with van der Waals surface area (Å²) in [5, 5.41) is 3.09. The van der Waals surface area contributed by atoms with Crippen molar-refractivity contribution < 1.29 is 4.79 Å². The van der Waals surface area contributed by atoms with E-state index in [2.05, 4.69) is 52.1 Å². The van der Waals surface area contributed by atoms with Crippen LogP contribution in [-0.2, 0) is 11.2 Å². The van der Waals surface area contributed by atoms with Crippen LogP contribution in [0.2, 0.25) is 0 Å². The van der Waals surface area contributed by atoms with Gasteiger partial charge in [-0.15, -0.1) is 6.58 Å². The number of nitrogens with one attached hydrogen (secondary N) is 1. The number of benzene rings is 2. The summed E-state index contributed by atoms with van der Waals surface area (Å²) >= 11 is 3.46. The van der Waals surface area contributed by atoms with Crippen LogP contribution in [-0.4, -0.2) is 11.9 Å². The molecule has 23 heavy (non-hydrogen) atoms. The molecule has 2 nitrogen and oxygen atoms in total. The van der Waals surface area contributed by atoms with Crippen molar-refractivity contribution in [3.63, 3.8) is 0 Å². The van der Waals surface area contributed by atoms with E-state index in [4.69, 9.17) is 0 Å². The van der Waals surface area contributed by atoms with Crippen molar-refractivity contribution in [2.24, 2.45) is 0 Å². The summed E-state index contributed by atoms with van der Waals surface area (Å²) in [6.45, 7) is 5.55. The second-order valence-corrected chi connectivity index (χ2v) is 6.56. The van der Waals surface area contributed by atoms with Gasteiger partial charge in [0.1, 0.15) is 0 Å². The highest BCUT2D eigenvalue weighted by Crippen LogP contribution is 2.25. The van der Waals surface area contributed by atoms with E-state index in [0.29, 0.717) is 0 Å². The molecule has 0 saturated carbocycles. The highest BCUT2D eigenvalue weighted by Gasteiger charge is 2.21. The van der Waals surface area contributed by atoms with E-state index in [1.54, 1.807) is 6.92 Å². The summed E-state index contributed by atoms with van der Waals surface area (Å²) in [4.78, 5) is 11.6. The first-order valence-electron chi connectivity index (χ1n) is 7.79. The van der Waals surface area contributed by atoms with Crippen molar-refractivity contribution in [2.75, 3.05) is 0 Å². The standard InChI is InChI=1S/C20H22BrNO/c1-3-19(17-10-12-18(21)13-11-17)20(22-15(2)23)14-9-16-7-5-4-6-8-16/h3-8,10-13,19-20H,1,9,14H2,2H3,(H,22,23)/t19-,20+/m1/s1. The Labute approximate surface area is 146 Å². The molecule has 3 heteroatoms. The van der Waals surface area contributed by atoms with Gasteiger partial charge in [0.05, 0.1) is 0 Å². The predicted octanol–water partition coefficient (Wildman–Crippen LogP) is 4.86. The van der Waals surface area contributed by atoms with Crippen LogP contribution >= 0.6 is 15.9 Å². The average Bonchev–Trinajstić information content (AvgIpc) is 2.55. The van der Waals surface area contributed by atoms with Gasteiger partial charge in [-0.2, -0.15) is 0 Å². The number of aryl methyl sites for hydroxylation is 1. The Morgan fingerprint density at radius 3 is 2.39 bits per heavy atom. The van der Waals surface area contributed by atoms with Crippen LogP contribution < -0.4 is 5.32 Å². The third kappa shape index (κ3) is 5.36. The molecule has 2 aromatic carbocycles. The summed E-state index contributed by atoms with van der Waals surface area (Å²) in [7, 11) is 0. The second-order valence-electron chi connectivity index (χ2n) is 5.64. The molecule has 0 aliphatic rings. The van der Waals surface area contributed by atoms with Crippen LogP contribution in [0.1, 0.15) is 30.4 Å². The minimum absolute atomic E-state index is 0.00739. The van der Waals surface area contributed by atoms with Gasteiger partial charge < -0.3 is 5.32 Å². The highest BCUT2D eigenvalue weighted by atomic mass is 79.9. The van der Waals surface area contributed by atoms with Gasteiger partial charge in [-0.25, -0.2) is 0 Å². The van der Waals surface area contributed by atoms with E-state index in [1.807, 2.05) is 36.4 Å². The molecular formula is C20H22BrNO. The molecule has 0 fully saturated rings. The van der Waals surface area contributed by atoms with E-state index in [-0.39, 0.29) is 17.9 Å². The Morgan fingerprint density at radius 1 is 1.17 bits per heavy atom. The molecule has 120 valence electrons. The van der Waals surface area contributed by atoms with Gasteiger partial charge in [0, 0.05) is 23.4 Å². The van der Waals surface area contributed by atoms with Gasteiger partial charge in [-0.3, -0.25) is 4.79 Å². The molecule has 0 aliphatic carbocycles. The topological polar surface area (TPSA) is 29.1 Å². The summed E-state index contributed by atoms with van der Waals surface area (Å²) in [6.07, 6.45) is 3.72. The predicted molar refractivity (Wildman–Crippen MR) is 99.4 cm³/mol. The number of carbonyl (C=O) groups is 1. The minimum Gasteiger partial charge on any atom is -0.353 e. The van der Waals surface area contributed by atoms with Crippen molar-refractivity contribution in [3.8, 4) is 0 Å². The van der Waals surface area contributed by atoms with E-state index in [0.717, 1.165) is 22.9 Å². The SMILES string of the molecule is C=C[C@H](c1ccc(Br)cc1)[C@H](CCc1ccccc1)NC(C)=O. The number of amides is 1. The Balaban J connectivity index is 2.15. The zero-order valence-corrected chi connectivity index (χ0v) is 14.9. The van der Waals surface area contributed by atoms with Crippen LogP contribution in [0.15, 0.2) is 71.7 Å². The molecule has 2 atom stereocenters. The normalized spacial score (nSPS) is 13.1. The third-order valence-corrected chi connectivity index (χ3v) is 4.45. The smallest absolute Gasteiger partial charge is 0.217 e. The van der Waals surface area contributed by atoms with Crippen LogP contribution in [0.25, 0.3) is 0 Å². The lowest BCUT2D eigenvalue weighted by molar-refractivity contribution is -0.119. The van der Waals surface area contributed by atoms with Gasteiger partial charge in [0.25, 0.3) is 0 Å². The van der Waals surface area contributed by atoms with E-state index < -0.39 is 0 Å². The molecule has 2 aromatic rings. The fourth-order valence-corrected chi connectivity index (χ4v) is 3.05. The van der Waals surface area contributed by atoms with E-state index in [1.165, 1.54) is 5.56 Å². The molecule has 0 unspecified atom stereocenters. The number of halogens is 1. The molecule has 1 N–H and O–H groups in total. The van der Waals surface area contributed by atoms with Gasteiger partial charge in [0.2, 0.25) is 5.91 Å². The van der Waals surface area contributed by atoms with Gasteiger partial charge in [0.15, 0.2) is 0 Å². The lowest BCUT2D eigenvalue weighted by atomic mass is 9.88. The fourth-order valence-electron chi connectivity index (χ4n) is 2.79.